The standard InChI is InChI=1S/C22H18ClN3O5S/c23-16-7-6-14(12-17(16)26(30)31)13-18-19(27)25(21(29)32-18)11-10-24-20(28)22(8-9-22)15-4-2-1-3-5-15/h1-7,12-13H,8-11H2,(H,24,28)/b18-13-. The van der Waals surface area contributed by atoms with Crippen molar-refractivity contribution >= 4 is 52.2 Å². The molecular formula is C22H18ClN3O5S. The second-order valence-electron chi connectivity index (χ2n) is 7.51. The van der Waals surface area contributed by atoms with Gasteiger partial charge in [-0.2, -0.15) is 0 Å². The molecule has 3 amide bonds. The zero-order valence-electron chi connectivity index (χ0n) is 16.7. The number of imide groups is 1. The van der Waals surface area contributed by atoms with Gasteiger partial charge in [-0.3, -0.25) is 29.4 Å². The minimum atomic E-state index is -0.615. The normalized spacial score (nSPS) is 18.2. The molecule has 32 heavy (non-hydrogen) atoms. The summed E-state index contributed by atoms with van der Waals surface area (Å²) in [4.78, 5) is 49.3. The van der Waals surface area contributed by atoms with Crippen molar-refractivity contribution in [1.29, 1.82) is 0 Å². The first-order valence-corrected chi connectivity index (χ1v) is 11.0. The van der Waals surface area contributed by atoms with Gasteiger partial charge in [-0.15, -0.1) is 0 Å². The highest BCUT2D eigenvalue weighted by molar-refractivity contribution is 8.18. The number of halogens is 1. The van der Waals surface area contributed by atoms with E-state index < -0.39 is 21.5 Å². The lowest BCUT2D eigenvalue weighted by Gasteiger charge is -2.17. The number of nitrogens with one attached hydrogen (secondary N) is 1. The van der Waals surface area contributed by atoms with Crippen molar-refractivity contribution in [2.75, 3.05) is 13.1 Å². The smallest absolute Gasteiger partial charge is 0.293 e. The Morgan fingerprint density at radius 1 is 1.22 bits per heavy atom. The van der Waals surface area contributed by atoms with Crippen LogP contribution in [0.25, 0.3) is 6.08 Å². The van der Waals surface area contributed by atoms with Gasteiger partial charge in [0.2, 0.25) is 5.91 Å². The SMILES string of the molecule is O=C1S/C(=C\c2ccc(Cl)c([N+](=O)[O-])c2)C(=O)N1CCNC(=O)C1(c2ccccc2)CC1. The molecule has 2 aromatic rings. The summed E-state index contributed by atoms with van der Waals surface area (Å²) in [6, 6.07) is 13.7. The summed E-state index contributed by atoms with van der Waals surface area (Å²) in [5, 5.41) is 13.4. The molecule has 0 atom stereocenters. The van der Waals surface area contributed by atoms with E-state index in [1.807, 2.05) is 30.3 Å². The lowest BCUT2D eigenvalue weighted by atomic mass is 9.95. The second kappa shape index (κ2) is 8.76. The summed E-state index contributed by atoms with van der Waals surface area (Å²) in [6.07, 6.45) is 2.95. The monoisotopic (exact) mass is 471 g/mol. The number of nitro groups is 1. The molecule has 1 aliphatic heterocycles. The highest BCUT2D eigenvalue weighted by Crippen LogP contribution is 2.48. The van der Waals surface area contributed by atoms with Gasteiger partial charge < -0.3 is 5.32 Å². The van der Waals surface area contributed by atoms with Crippen LogP contribution < -0.4 is 5.32 Å². The van der Waals surface area contributed by atoms with Gasteiger partial charge in [-0.1, -0.05) is 48.0 Å². The van der Waals surface area contributed by atoms with Crippen LogP contribution in [0.5, 0.6) is 0 Å². The van der Waals surface area contributed by atoms with Crippen molar-refractivity contribution in [2.24, 2.45) is 0 Å². The molecule has 1 saturated carbocycles. The Balaban J connectivity index is 1.39. The van der Waals surface area contributed by atoms with Crippen LogP contribution in [-0.4, -0.2) is 40.0 Å². The van der Waals surface area contributed by atoms with E-state index in [2.05, 4.69) is 5.32 Å². The largest absolute Gasteiger partial charge is 0.354 e. The number of hydrogen-bond donors (Lipinski definition) is 1. The Hall–Kier alpha value is -3.17. The first kappa shape index (κ1) is 22.0. The Bertz CT molecular complexity index is 1150. The van der Waals surface area contributed by atoms with Crippen LogP contribution in [0, 0.1) is 10.1 Å². The van der Waals surface area contributed by atoms with Crippen LogP contribution in [0.2, 0.25) is 5.02 Å². The number of carbonyl (C=O) groups is 3. The van der Waals surface area contributed by atoms with Gasteiger partial charge in [0.15, 0.2) is 0 Å². The lowest BCUT2D eigenvalue weighted by molar-refractivity contribution is -0.384. The number of benzene rings is 2. The predicted molar refractivity (Wildman–Crippen MR) is 121 cm³/mol. The summed E-state index contributed by atoms with van der Waals surface area (Å²) in [5.41, 5.74) is 0.542. The third-order valence-electron chi connectivity index (χ3n) is 5.47. The van der Waals surface area contributed by atoms with Crippen molar-refractivity contribution in [1.82, 2.24) is 10.2 Å². The van der Waals surface area contributed by atoms with Crippen LogP contribution in [0.1, 0.15) is 24.0 Å². The molecule has 0 unspecified atom stereocenters. The summed E-state index contributed by atoms with van der Waals surface area (Å²) < 4.78 is 0. The number of nitrogens with zero attached hydrogens (tertiary/aromatic N) is 2. The summed E-state index contributed by atoms with van der Waals surface area (Å²) >= 11 is 6.56. The zero-order chi connectivity index (χ0) is 22.9. The minimum Gasteiger partial charge on any atom is -0.354 e. The van der Waals surface area contributed by atoms with Crippen LogP contribution in [-0.2, 0) is 15.0 Å². The highest BCUT2D eigenvalue weighted by Gasteiger charge is 2.51. The Morgan fingerprint density at radius 2 is 1.94 bits per heavy atom. The molecule has 8 nitrogen and oxygen atoms in total. The number of amides is 3. The predicted octanol–water partition coefficient (Wildman–Crippen LogP) is 4.13. The molecule has 164 valence electrons. The Labute approximate surface area is 192 Å². The summed E-state index contributed by atoms with van der Waals surface area (Å²) in [6.45, 7) is 0.185. The molecule has 10 heteroatoms. The molecule has 2 fully saturated rings. The van der Waals surface area contributed by atoms with Crippen LogP contribution in [0.4, 0.5) is 10.5 Å². The number of carbonyl (C=O) groups excluding carboxylic acids is 3. The molecule has 2 aromatic carbocycles. The zero-order valence-corrected chi connectivity index (χ0v) is 18.3. The molecule has 0 bridgehead atoms. The van der Waals surface area contributed by atoms with Gasteiger partial charge in [0.05, 0.1) is 15.2 Å². The van der Waals surface area contributed by atoms with Gasteiger partial charge in [0.25, 0.3) is 16.8 Å². The van der Waals surface area contributed by atoms with Crippen LogP contribution in [0.3, 0.4) is 0 Å². The van der Waals surface area contributed by atoms with E-state index in [0.29, 0.717) is 5.56 Å². The number of thioether (sulfide) groups is 1. The Morgan fingerprint density at radius 3 is 2.59 bits per heavy atom. The summed E-state index contributed by atoms with van der Waals surface area (Å²) in [5.74, 6) is -0.615. The molecular weight excluding hydrogens is 454 g/mol. The topological polar surface area (TPSA) is 110 Å². The molecule has 0 aromatic heterocycles. The quantitative estimate of drug-likeness (QED) is 0.369. The van der Waals surface area contributed by atoms with Crippen molar-refractivity contribution < 1.29 is 19.3 Å². The molecule has 1 N–H and O–H groups in total. The van der Waals surface area contributed by atoms with Gasteiger partial charge >= 0.3 is 0 Å². The maximum absolute atomic E-state index is 12.7. The maximum Gasteiger partial charge on any atom is 0.293 e. The molecule has 0 spiro atoms. The van der Waals surface area contributed by atoms with E-state index in [1.54, 1.807) is 0 Å². The fraction of sp³-hybridized carbons (Fsp3) is 0.227. The van der Waals surface area contributed by atoms with E-state index >= 15 is 0 Å². The van der Waals surface area contributed by atoms with E-state index in [-0.39, 0.29) is 34.6 Å². The number of rotatable bonds is 7. The van der Waals surface area contributed by atoms with E-state index in [9.17, 15) is 24.5 Å². The molecule has 4 rings (SSSR count). The fourth-order valence-corrected chi connectivity index (χ4v) is 4.63. The maximum atomic E-state index is 12.7. The van der Waals surface area contributed by atoms with Gasteiger partial charge in [0, 0.05) is 19.2 Å². The van der Waals surface area contributed by atoms with Crippen molar-refractivity contribution in [3.63, 3.8) is 0 Å². The van der Waals surface area contributed by atoms with Crippen LogP contribution >= 0.6 is 23.4 Å². The number of nitro benzene ring substituents is 1. The lowest BCUT2D eigenvalue weighted by Crippen LogP contribution is -2.41. The van der Waals surface area contributed by atoms with E-state index in [4.69, 9.17) is 11.6 Å². The Kier molecular flexibility index (Phi) is 6.03. The highest BCUT2D eigenvalue weighted by atomic mass is 35.5. The fourth-order valence-electron chi connectivity index (χ4n) is 3.58. The molecule has 2 aliphatic rings. The summed E-state index contributed by atoms with van der Waals surface area (Å²) in [7, 11) is 0. The van der Waals surface area contributed by atoms with Crippen molar-refractivity contribution in [3.05, 3.63) is 79.7 Å². The third-order valence-corrected chi connectivity index (χ3v) is 6.70. The van der Waals surface area contributed by atoms with Gasteiger partial charge in [-0.05, 0) is 47.9 Å². The van der Waals surface area contributed by atoms with Crippen molar-refractivity contribution in [3.8, 4) is 0 Å². The van der Waals surface area contributed by atoms with E-state index in [0.717, 1.165) is 35.1 Å². The first-order chi connectivity index (χ1) is 15.3. The number of hydrogen-bond acceptors (Lipinski definition) is 6. The average Bonchev–Trinajstić information content (AvgIpc) is 3.55. The molecule has 1 saturated heterocycles. The first-order valence-electron chi connectivity index (χ1n) is 9.85. The molecule has 0 radical (unpaired) electrons. The van der Waals surface area contributed by atoms with Crippen LogP contribution in [0.15, 0.2) is 53.4 Å². The second-order valence-corrected chi connectivity index (χ2v) is 8.91. The molecule has 1 aliphatic carbocycles. The van der Waals surface area contributed by atoms with Crippen molar-refractivity contribution in [2.45, 2.75) is 18.3 Å². The third kappa shape index (κ3) is 4.26. The van der Waals surface area contributed by atoms with E-state index in [1.165, 1.54) is 24.3 Å². The molecule has 1 heterocycles. The van der Waals surface area contributed by atoms with Gasteiger partial charge in [-0.25, -0.2) is 0 Å². The minimum absolute atomic E-state index is 0.0140. The van der Waals surface area contributed by atoms with Gasteiger partial charge in [0.1, 0.15) is 5.02 Å². The average molecular weight is 472 g/mol.